The van der Waals surface area contributed by atoms with Crippen LogP contribution in [0.1, 0.15) is 10.4 Å². The van der Waals surface area contributed by atoms with Crippen molar-refractivity contribution in [3.63, 3.8) is 0 Å². The Bertz CT molecular complexity index is 1600. The number of fused-ring (bicyclic) bond motifs is 6. The Morgan fingerprint density at radius 1 is 0.794 bits per heavy atom. The van der Waals surface area contributed by atoms with Crippen molar-refractivity contribution in [3.8, 4) is 28.7 Å². The van der Waals surface area contributed by atoms with Gasteiger partial charge < -0.3 is 23.7 Å². The molecule has 0 radical (unpaired) electrons. The molecule has 5 aromatic rings. The van der Waals surface area contributed by atoms with Crippen molar-refractivity contribution in [3.05, 3.63) is 72.4 Å². The number of nitrogens with zero attached hydrogens (tertiary/aromatic N) is 1. The summed E-state index contributed by atoms with van der Waals surface area (Å²) >= 11 is 0. The first-order valence-electron chi connectivity index (χ1n) is 10.6. The van der Waals surface area contributed by atoms with E-state index in [-0.39, 0.29) is 6.79 Å². The van der Waals surface area contributed by atoms with E-state index in [1.165, 1.54) is 0 Å². The molecule has 0 unspecified atom stereocenters. The molecule has 0 amide bonds. The molecule has 0 fully saturated rings. The summed E-state index contributed by atoms with van der Waals surface area (Å²) in [6.07, 6.45) is 1.76. The van der Waals surface area contributed by atoms with Gasteiger partial charge in [0.05, 0.1) is 25.3 Å². The van der Waals surface area contributed by atoms with Crippen LogP contribution in [-0.2, 0) is 0 Å². The van der Waals surface area contributed by atoms with Crippen molar-refractivity contribution < 1.29 is 28.5 Å². The molecule has 0 spiro atoms. The lowest BCUT2D eigenvalue weighted by atomic mass is 9.99. The van der Waals surface area contributed by atoms with E-state index in [0.717, 1.165) is 27.1 Å². The second-order valence-corrected chi connectivity index (χ2v) is 7.80. The Balaban J connectivity index is 1.65. The molecule has 1 aromatic heterocycles. The summed E-state index contributed by atoms with van der Waals surface area (Å²) < 4.78 is 28.2. The SMILES string of the molecule is COc1ccc2c(cnc3c4cc5c(cc4c(OC(=O)c4ccccc4)cc23)OCO5)c1OC. The molecule has 34 heavy (non-hydrogen) atoms. The fraction of sp³-hybridized carbons (Fsp3) is 0.111. The molecule has 0 atom stereocenters. The lowest BCUT2D eigenvalue weighted by Gasteiger charge is -2.15. The quantitative estimate of drug-likeness (QED) is 0.202. The average Bonchev–Trinajstić information content (AvgIpc) is 3.34. The lowest BCUT2D eigenvalue weighted by molar-refractivity contribution is 0.0737. The van der Waals surface area contributed by atoms with Crippen LogP contribution >= 0.6 is 0 Å². The van der Waals surface area contributed by atoms with Gasteiger partial charge in [0.15, 0.2) is 23.0 Å². The van der Waals surface area contributed by atoms with E-state index < -0.39 is 5.97 Å². The number of pyridine rings is 1. The fourth-order valence-electron chi connectivity index (χ4n) is 4.37. The van der Waals surface area contributed by atoms with Crippen molar-refractivity contribution in [2.75, 3.05) is 21.0 Å². The number of esters is 1. The van der Waals surface area contributed by atoms with Crippen LogP contribution in [0.4, 0.5) is 0 Å². The van der Waals surface area contributed by atoms with Gasteiger partial charge in [0.1, 0.15) is 5.75 Å². The largest absolute Gasteiger partial charge is 0.493 e. The molecular formula is C27H19NO6. The number of hydrogen-bond acceptors (Lipinski definition) is 7. The molecule has 6 rings (SSSR count). The molecule has 4 aromatic carbocycles. The molecule has 7 nitrogen and oxygen atoms in total. The van der Waals surface area contributed by atoms with E-state index in [9.17, 15) is 4.79 Å². The van der Waals surface area contributed by atoms with Gasteiger partial charge in [0.25, 0.3) is 0 Å². The predicted molar refractivity (Wildman–Crippen MR) is 127 cm³/mol. The Hall–Kier alpha value is -4.52. The van der Waals surface area contributed by atoms with Gasteiger partial charge in [-0.05, 0) is 47.9 Å². The fourth-order valence-corrected chi connectivity index (χ4v) is 4.37. The molecule has 0 N–H and O–H groups in total. The number of methoxy groups -OCH3 is 2. The summed E-state index contributed by atoms with van der Waals surface area (Å²) in [5.74, 6) is 2.36. The Kier molecular flexibility index (Phi) is 4.62. The topological polar surface area (TPSA) is 76.1 Å². The molecule has 0 saturated carbocycles. The number of rotatable bonds is 4. The van der Waals surface area contributed by atoms with Gasteiger partial charge >= 0.3 is 5.97 Å². The summed E-state index contributed by atoms with van der Waals surface area (Å²) in [6, 6.07) is 18.2. The normalized spacial score (nSPS) is 12.3. The number of benzene rings is 4. The van der Waals surface area contributed by atoms with Crippen LogP contribution in [-0.4, -0.2) is 32.0 Å². The number of carbonyl (C=O) groups excluding carboxylic acids is 1. The van der Waals surface area contributed by atoms with Gasteiger partial charge in [0.2, 0.25) is 6.79 Å². The molecule has 1 aliphatic heterocycles. The van der Waals surface area contributed by atoms with Crippen LogP contribution in [0.2, 0.25) is 0 Å². The minimum Gasteiger partial charge on any atom is -0.493 e. The van der Waals surface area contributed by atoms with Crippen LogP contribution in [0, 0.1) is 0 Å². The van der Waals surface area contributed by atoms with Gasteiger partial charge in [0, 0.05) is 27.7 Å². The first-order valence-corrected chi connectivity index (χ1v) is 10.6. The van der Waals surface area contributed by atoms with Crippen LogP contribution in [0.5, 0.6) is 28.7 Å². The van der Waals surface area contributed by atoms with E-state index >= 15 is 0 Å². The minimum atomic E-state index is -0.452. The summed E-state index contributed by atoms with van der Waals surface area (Å²) in [5.41, 5.74) is 1.20. The number of carbonyl (C=O) groups is 1. The third kappa shape index (κ3) is 3.05. The van der Waals surface area contributed by atoms with Gasteiger partial charge in [-0.1, -0.05) is 18.2 Å². The number of ether oxygens (including phenoxy) is 5. The van der Waals surface area contributed by atoms with Crippen LogP contribution < -0.4 is 23.7 Å². The maximum Gasteiger partial charge on any atom is 0.343 e. The average molecular weight is 453 g/mol. The van der Waals surface area contributed by atoms with Crippen molar-refractivity contribution in [1.82, 2.24) is 4.98 Å². The molecular weight excluding hydrogens is 434 g/mol. The van der Waals surface area contributed by atoms with Crippen LogP contribution in [0.3, 0.4) is 0 Å². The highest BCUT2D eigenvalue weighted by Gasteiger charge is 2.22. The summed E-state index contributed by atoms with van der Waals surface area (Å²) in [4.78, 5) is 17.7. The first kappa shape index (κ1) is 20.1. The summed E-state index contributed by atoms with van der Waals surface area (Å²) in [7, 11) is 3.19. The van der Waals surface area contributed by atoms with Crippen LogP contribution in [0.25, 0.3) is 32.4 Å². The van der Waals surface area contributed by atoms with E-state index in [2.05, 4.69) is 0 Å². The van der Waals surface area contributed by atoms with Crippen molar-refractivity contribution >= 4 is 38.4 Å². The van der Waals surface area contributed by atoms with E-state index in [4.69, 9.17) is 28.7 Å². The maximum absolute atomic E-state index is 12.9. The predicted octanol–water partition coefficient (Wildman–Crippen LogP) is 5.51. The van der Waals surface area contributed by atoms with Crippen LogP contribution in [0.15, 0.2) is 66.9 Å². The lowest BCUT2D eigenvalue weighted by Crippen LogP contribution is -2.08. The van der Waals surface area contributed by atoms with Gasteiger partial charge in [-0.3, -0.25) is 4.98 Å². The zero-order valence-electron chi connectivity index (χ0n) is 18.5. The maximum atomic E-state index is 12.9. The zero-order chi connectivity index (χ0) is 23.2. The third-order valence-corrected chi connectivity index (χ3v) is 5.97. The molecule has 0 saturated heterocycles. The number of hydrogen-bond donors (Lipinski definition) is 0. The summed E-state index contributed by atoms with van der Waals surface area (Å²) in [5, 5.41) is 3.97. The molecule has 2 heterocycles. The van der Waals surface area contributed by atoms with Gasteiger partial charge in [-0.15, -0.1) is 0 Å². The van der Waals surface area contributed by atoms with E-state index in [1.807, 2.05) is 36.4 Å². The molecule has 168 valence electrons. The second kappa shape index (κ2) is 7.81. The monoisotopic (exact) mass is 453 g/mol. The Morgan fingerprint density at radius 2 is 1.53 bits per heavy atom. The van der Waals surface area contributed by atoms with Gasteiger partial charge in [-0.2, -0.15) is 0 Å². The highest BCUT2D eigenvalue weighted by molar-refractivity contribution is 6.19. The minimum absolute atomic E-state index is 0.135. The molecule has 0 bridgehead atoms. The number of aromatic nitrogens is 1. The molecule has 1 aliphatic rings. The Morgan fingerprint density at radius 3 is 2.26 bits per heavy atom. The van der Waals surface area contributed by atoms with E-state index in [1.54, 1.807) is 44.7 Å². The van der Waals surface area contributed by atoms with Gasteiger partial charge in [-0.25, -0.2) is 4.79 Å². The smallest absolute Gasteiger partial charge is 0.343 e. The Labute approximate surface area is 194 Å². The second-order valence-electron chi connectivity index (χ2n) is 7.80. The van der Waals surface area contributed by atoms with Crippen molar-refractivity contribution in [1.29, 1.82) is 0 Å². The highest BCUT2D eigenvalue weighted by Crippen LogP contribution is 2.45. The summed E-state index contributed by atoms with van der Waals surface area (Å²) in [6.45, 7) is 0.135. The molecule has 0 aliphatic carbocycles. The third-order valence-electron chi connectivity index (χ3n) is 5.97. The molecule has 7 heteroatoms. The first-order chi connectivity index (χ1) is 16.7. The zero-order valence-corrected chi connectivity index (χ0v) is 18.5. The van der Waals surface area contributed by atoms with E-state index in [0.29, 0.717) is 39.7 Å². The highest BCUT2D eigenvalue weighted by atomic mass is 16.7. The van der Waals surface area contributed by atoms with Crippen molar-refractivity contribution in [2.24, 2.45) is 0 Å². The standard InChI is InChI=1S/C27H19NO6/c1-30-21-9-8-16-18-11-22(34-27(29)15-6-4-3-5-7-15)17-10-23-24(33-14-32-23)12-19(17)25(18)28-13-20(16)26(21)31-2/h3-13H,14H2,1-2H3. The van der Waals surface area contributed by atoms with Crippen molar-refractivity contribution in [2.45, 2.75) is 0 Å².